The second kappa shape index (κ2) is 9.05. The number of ether oxygens (including phenoxy) is 3. The second-order valence-electron chi connectivity index (χ2n) is 6.93. The molecule has 7 heteroatoms. The normalized spacial score (nSPS) is 15.1. The molecule has 1 heterocycles. The van der Waals surface area contributed by atoms with E-state index in [2.05, 4.69) is 4.90 Å². The minimum atomic E-state index is -0.783. The van der Waals surface area contributed by atoms with E-state index in [1.807, 2.05) is 29.2 Å². The highest BCUT2D eigenvalue weighted by atomic mass is 16.5. The molecule has 0 aromatic heterocycles. The number of carbonyl (C=O) groups excluding carboxylic acids is 1. The average Bonchev–Trinajstić information content (AvgIpc) is 2.77. The third-order valence-electron chi connectivity index (χ3n) is 5.20. The standard InChI is InChI=1S/C22H28N2O5/c1-15(25)17-13-16(14-20(28-3)21(17)29-4)22(26)24-11-9-23(10-12-24)18-7-5-6-8-19(18)27-2/h5-8,13-15,25H,9-12H2,1-4H3. The Morgan fingerprint density at radius 3 is 2.21 bits per heavy atom. The second-order valence-corrected chi connectivity index (χ2v) is 6.93. The summed E-state index contributed by atoms with van der Waals surface area (Å²) in [5.41, 5.74) is 2.04. The first-order chi connectivity index (χ1) is 14.0. The van der Waals surface area contributed by atoms with E-state index in [-0.39, 0.29) is 5.91 Å². The van der Waals surface area contributed by atoms with Gasteiger partial charge in [-0.05, 0) is 31.2 Å². The van der Waals surface area contributed by atoms with Crippen molar-refractivity contribution in [2.75, 3.05) is 52.4 Å². The molecule has 1 saturated heterocycles. The van der Waals surface area contributed by atoms with Crippen molar-refractivity contribution in [2.45, 2.75) is 13.0 Å². The number of aliphatic hydroxyl groups excluding tert-OH is 1. The summed E-state index contributed by atoms with van der Waals surface area (Å²) in [7, 11) is 4.70. The zero-order chi connectivity index (χ0) is 21.0. The van der Waals surface area contributed by atoms with Gasteiger partial charge in [-0.25, -0.2) is 0 Å². The number of para-hydroxylation sites is 2. The topological polar surface area (TPSA) is 71.5 Å². The Balaban J connectivity index is 1.78. The Kier molecular flexibility index (Phi) is 6.49. The zero-order valence-corrected chi connectivity index (χ0v) is 17.3. The number of methoxy groups -OCH3 is 3. The summed E-state index contributed by atoms with van der Waals surface area (Å²) in [5.74, 6) is 1.61. The number of aliphatic hydroxyl groups is 1. The first-order valence-electron chi connectivity index (χ1n) is 9.61. The number of piperazine rings is 1. The molecule has 1 unspecified atom stereocenters. The highest BCUT2D eigenvalue weighted by Crippen LogP contribution is 2.36. The molecule has 7 nitrogen and oxygen atoms in total. The predicted molar refractivity (Wildman–Crippen MR) is 111 cm³/mol. The van der Waals surface area contributed by atoms with E-state index in [0.717, 1.165) is 11.4 Å². The van der Waals surface area contributed by atoms with Crippen molar-refractivity contribution in [3.8, 4) is 17.2 Å². The van der Waals surface area contributed by atoms with E-state index in [1.54, 1.807) is 26.2 Å². The summed E-state index contributed by atoms with van der Waals surface area (Å²) in [5, 5.41) is 10.1. The van der Waals surface area contributed by atoms with Crippen LogP contribution in [0, 0.1) is 0 Å². The highest BCUT2D eigenvalue weighted by molar-refractivity contribution is 5.95. The molecule has 1 aliphatic heterocycles. The van der Waals surface area contributed by atoms with Crippen molar-refractivity contribution in [3.63, 3.8) is 0 Å². The molecule has 2 aromatic carbocycles. The number of anilines is 1. The molecule has 2 aromatic rings. The van der Waals surface area contributed by atoms with Crippen molar-refractivity contribution in [1.29, 1.82) is 0 Å². The molecule has 1 amide bonds. The minimum Gasteiger partial charge on any atom is -0.495 e. The van der Waals surface area contributed by atoms with Crippen LogP contribution in [-0.4, -0.2) is 63.4 Å². The van der Waals surface area contributed by atoms with Crippen molar-refractivity contribution < 1.29 is 24.1 Å². The Hall–Kier alpha value is -2.93. The van der Waals surface area contributed by atoms with Gasteiger partial charge in [0.25, 0.3) is 5.91 Å². The largest absolute Gasteiger partial charge is 0.495 e. The fraction of sp³-hybridized carbons (Fsp3) is 0.409. The van der Waals surface area contributed by atoms with Crippen LogP contribution >= 0.6 is 0 Å². The summed E-state index contributed by atoms with van der Waals surface area (Å²) in [6.45, 7) is 4.24. The van der Waals surface area contributed by atoms with Crippen LogP contribution in [0.25, 0.3) is 0 Å². The van der Waals surface area contributed by atoms with Gasteiger partial charge in [-0.2, -0.15) is 0 Å². The van der Waals surface area contributed by atoms with Crippen LogP contribution in [0.3, 0.4) is 0 Å². The highest BCUT2D eigenvalue weighted by Gasteiger charge is 2.26. The molecular weight excluding hydrogens is 372 g/mol. The van der Waals surface area contributed by atoms with Crippen molar-refractivity contribution >= 4 is 11.6 Å². The molecule has 29 heavy (non-hydrogen) atoms. The molecule has 1 aliphatic rings. The quantitative estimate of drug-likeness (QED) is 0.804. The lowest BCUT2D eigenvalue weighted by Crippen LogP contribution is -2.48. The Labute approximate surface area is 171 Å². The summed E-state index contributed by atoms with van der Waals surface area (Å²) < 4.78 is 16.2. The Morgan fingerprint density at radius 1 is 0.966 bits per heavy atom. The number of hydrogen-bond acceptors (Lipinski definition) is 6. The van der Waals surface area contributed by atoms with E-state index >= 15 is 0 Å². The Morgan fingerprint density at radius 2 is 1.62 bits per heavy atom. The maximum atomic E-state index is 13.1. The van der Waals surface area contributed by atoms with Crippen LogP contribution in [0.5, 0.6) is 17.2 Å². The molecule has 0 aliphatic carbocycles. The lowest BCUT2D eigenvalue weighted by molar-refractivity contribution is 0.0746. The van der Waals surface area contributed by atoms with E-state index in [1.165, 1.54) is 14.2 Å². The van der Waals surface area contributed by atoms with Crippen LogP contribution in [0.1, 0.15) is 28.9 Å². The van der Waals surface area contributed by atoms with Crippen LogP contribution in [0.15, 0.2) is 36.4 Å². The first kappa shape index (κ1) is 20.8. The molecule has 3 rings (SSSR count). The predicted octanol–water partition coefficient (Wildman–Crippen LogP) is 2.73. The van der Waals surface area contributed by atoms with Gasteiger partial charge in [0, 0.05) is 37.3 Å². The Bertz CT molecular complexity index is 860. The van der Waals surface area contributed by atoms with Gasteiger partial charge in [0.1, 0.15) is 5.75 Å². The number of rotatable bonds is 6. The average molecular weight is 400 g/mol. The number of carbonyl (C=O) groups is 1. The van der Waals surface area contributed by atoms with Crippen LogP contribution in [0.4, 0.5) is 5.69 Å². The number of amides is 1. The lowest BCUT2D eigenvalue weighted by atomic mass is 10.0. The molecule has 0 saturated carbocycles. The third kappa shape index (κ3) is 4.24. The molecule has 1 fully saturated rings. The first-order valence-corrected chi connectivity index (χ1v) is 9.61. The van der Waals surface area contributed by atoms with E-state index < -0.39 is 6.10 Å². The zero-order valence-electron chi connectivity index (χ0n) is 17.3. The molecule has 0 spiro atoms. The summed E-state index contributed by atoms with van der Waals surface area (Å²) in [6, 6.07) is 11.2. The lowest BCUT2D eigenvalue weighted by Gasteiger charge is -2.36. The summed E-state index contributed by atoms with van der Waals surface area (Å²) in [6.07, 6.45) is -0.783. The van der Waals surface area contributed by atoms with Gasteiger partial charge in [0.05, 0.1) is 33.1 Å². The number of hydrogen-bond donors (Lipinski definition) is 1. The van der Waals surface area contributed by atoms with Crippen LogP contribution < -0.4 is 19.1 Å². The van der Waals surface area contributed by atoms with Crippen molar-refractivity contribution in [2.24, 2.45) is 0 Å². The van der Waals surface area contributed by atoms with E-state index in [9.17, 15) is 9.90 Å². The van der Waals surface area contributed by atoms with Gasteiger partial charge in [0.15, 0.2) is 11.5 Å². The maximum absolute atomic E-state index is 13.1. The fourth-order valence-electron chi connectivity index (χ4n) is 3.65. The molecule has 1 N–H and O–H groups in total. The van der Waals surface area contributed by atoms with Crippen LogP contribution in [0.2, 0.25) is 0 Å². The summed E-state index contributed by atoms with van der Waals surface area (Å²) >= 11 is 0. The van der Waals surface area contributed by atoms with E-state index in [0.29, 0.717) is 48.8 Å². The van der Waals surface area contributed by atoms with Gasteiger partial charge in [-0.3, -0.25) is 4.79 Å². The SMILES string of the molecule is COc1ccccc1N1CCN(C(=O)c2cc(OC)c(OC)c(C(C)O)c2)CC1. The van der Waals surface area contributed by atoms with Gasteiger partial charge in [0.2, 0.25) is 0 Å². The van der Waals surface area contributed by atoms with Gasteiger partial charge in [-0.1, -0.05) is 12.1 Å². The van der Waals surface area contributed by atoms with Crippen LogP contribution in [-0.2, 0) is 0 Å². The van der Waals surface area contributed by atoms with Crippen molar-refractivity contribution in [3.05, 3.63) is 47.5 Å². The maximum Gasteiger partial charge on any atom is 0.254 e. The molecule has 1 atom stereocenters. The minimum absolute atomic E-state index is 0.0903. The third-order valence-corrected chi connectivity index (χ3v) is 5.20. The van der Waals surface area contributed by atoms with E-state index in [4.69, 9.17) is 14.2 Å². The molecule has 0 radical (unpaired) electrons. The smallest absolute Gasteiger partial charge is 0.254 e. The molecular formula is C22H28N2O5. The van der Waals surface area contributed by atoms with Gasteiger partial charge >= 0.3 is 0 Å². The number of nitrogens with zero attached hydrogens (tertiary/aromatic N) is 2. The van der Waals surface area contributed by atoms with Gasteiger partial charge < -0.3 is 29.1 Å². The number of benzene rings is 2. The monoisotopic (exact) mass is 400 g/mol. The van der Waals surface area contributed by atoms with Crippen molar-refractivity contribution in [1.82, 2.24) is 4.90 Å². The summed E-state index contributed by atoms with van der Waals surface area (Å²) in [4.78, 5) is 17.2. The van der Waals surface area contributed by atoms with Gasteiger partial charge in [-0.15, -0.1) is 0 Å². The molecule has 0 bridgehead atoms. The fourth-order valence-corrected chi connectivity index (χ4v) is 3.65. The molecule has 156 valence electrons.